The van der Waals surface area contributed by atoms with E-state index in [2.05, 4.69) is 10.3 Å². The molecule has 0 fully saturated rings. The molecule has 1 aromatic carbocycles. The van der Waals surface area contributed by atoms with Crippen LogP contribution in [0.25, 0.3) is 11.3 Å². The molecule has 2 rings (SSSR count). The van der Waals surface area contributed by atoms with Crippen LogP contribution >= 0.6 is 11.3 Å². The number of ether oxygens (including phenoxy) is 3. The number of methoxy groups -OCH3 is 1. The van der Waals surface area contributed by atoms with Crippen molar-refractivity contribution in [2.24, 2.45) is 0 Å². The first-order chi connectivity index (χ1) is 11.6. The van der Waals surface area contributed by atoms with Gasteiger partial charge in [0.05, 0.1) is 19.4 Å². The van der Waals surface area contributed by atoms with E-state index in [1.165, 1.54) is 11.3 Å². The molecule has 0 radical (unpaired) electrons. The van der Waals surface area contributed by atoms with Crippen LogP contribution in [0.15, 0.2) is 29.6 Å². The molecule has 2 aromatic rings. The molecule has 0 spiro atoms. The second kappa shape index (κ2) is 8.99. The van der Waals surface area contributed by atoms with Gasteiger partial charge >= 0.3 is 11.9 Å². The Morgan fingerprint density at radius 2 is 1.96 bits per heavy atom. The summed E-state index contributed by atoms with van der Waals surface area (Å²) in [5, 5.41) is 4.54. The summed E-state index contributed by atoms with van der Waals surface area (Å²) < 4.78 is 14.9. The van der Waals surface area contributed by atoms with Crippen LogP contribution in [0, 0.1) is 0 Å². The van der Waals surface area contributed by atoms with Crippen molar-refractivity contribution < 1.29 is 23.8 Å². The highest BCUT2D eigenvalue weighted by Crippen LogP contribution is 2.26. The van der Waals surface area contributed by atoms with Crippen LogP contribution in [0.4, 0.5) is 5.13 Å². The third-order valence-electron chi connectivity index (χ3n) is 2.96. The molecule has 0 unspecified atom stereocenters. The lowest BCUT2D eigenvalue weighted by molar-refractivity contribution is -0.153. The maximum atomic E-state index is 11.7. The lowest BCUT2D eigenvalue weighted by atomic mass is 10.2. The summed E-state index contributed by atoms with van der Waals surface area (Å²) in [6, 6.07) is 7.37. The number of carbonyl (C=O) groups is 2. The minimum absolute atomic E-state index is 0.0368. The number of rotatable bonds is 7. The maximum Gasteiger partial charge on any atom is 0.397 e. The highest BCUT2D eigenvalue weighted by molar-refractivity contribution is 7.14. The van der Waals surface area contributed by atoms with Crippen molar-refractivity contribution in [2.45, 2.75) is 6.92 Å². The third-order valence-corrected chi connectivity index (χ3v) is 3.72. The Labute approximate surface area is 143 Å². The minimum Gasteiger partial charge on any atom is -0.497 e. The van der Waals surface area contributed by atoms with E-state index >= 15 is 0 Å². The minimum atomic E-state index is -0.962. The molecule has 0 atom stereocenters. The Hall–Kier alpha value is -2.45. The summed E-state index contributed by atoms with van der Waals surface area (Å²) >= 11 is 1.23. The van der Waals surface area contributed by atoms with Gasteiger partial charge in [-0.2, -0.15) is 0 Å². The zero-order valence-electron chi connectivity index (χ0n) is 13.4. The highest BCUT2D eigenvalue weighted by atomic mass is 32.1. The standard InChI is InChI=1S/C16H18N2O5S/c1-3-22-8-9-23-15(20)14(19)18-16-17-13(10-24-16)11-4-6-12(21-2)7-5-11/h4-7,10H,3,8-9H2,1-2H3,(H,17,18,19). The first-order valence-corrected chi connectivity index (χ1v) is 8.17. The van der Waals surface area contributed by atoms with Gasteiger partial charge in [0.2, 0.25) is 0 Å². The summed E-state index contributed by atoms with van der Waals surface area (Å²) in [5.74, 6) is -1.07. The number of aromatic nitrogens is 1. The Bertz CT molecular complexity index is 684. The number of nitrogens with zero attached hydrogens (tertiary/aromatic N) is 1. The number of hydrogen-bond donors (Lipinski definition) is 1. The Morgan fingerprint density at radius 1 is 1.21 bits per heavy atom. The van der Waals surface area contributed by atoms with Gasteiger partial charge in [-0.15, -0.1) is 11.3 Å². The number of thiazole rings is 1. The fourth-order valence-corrected chi connectivity index (χ4v) is 2.49. The van der Waals surface area contributed by atoms with Crippen LogP contribution in [0.3, 0.4) is 0 Å². The Kier molecular flexibility index (Phi) is 6.71. The van der Waals surface area contributed by atoms with Crippen molar-refractivity contribution in [3.8, 4) is 17.0 Å². The predicted octanol–water partition coefficient (Wildman–Crippen LogP) is 2.34. The van der Waals surface area contributed by atoms with E-state index in [4.69, 9.17) is 14.2 Å². The molecule has 0 aliphatic rings. The van der Waals surface area contributed by atoms with Crippen LogP contribution < -0.4 is 10.1 Å². The molecule has 0 saturated carbocycles. The molecule has 128 valence electrons. The molecule has 0 bridgehead atoms. The van der Waals surface area contributed by atoms with Crippen LogP contribution in [0.2, 0.25) is 0 Å². The first kappa shape index (κ1) is 17.9. The summed E-state index contributed by atoms with van der Waals surface area (Å²) in [6.07, 6.45) is 0. The van der Waals surface area contributed by atoms with Crippen molar-refractivity contribution in [2.75, 3.05) is 32.2 Å². The van der Waals surface area contributed by atoms with E-state index in [0.29, 0.717) is 17.4 Å². The average Bonchev–Trinajstić information content (AvgIpc) is 3.07. The van der Waals surface area contributed by atoms with Crippen LogP contribution in [0.1, 0.15) is 6.92 Å². The average molecular weight is 350 g/mol. The van der Waals surface area contributed by atoms with Crippen molar-refractivity contribution >= 4 is 28.3 Å². The highest BCUT2D eigenvalue weighted by Gasteiger charge is 2.17. The number of benzene rings is 1. The molecule has 1 amide bonds. The predicted molar refractivity (Wildman–Crippen MR) is 90.2 cm³/mol. The van der Waals surface area contributed by atoms with Gasteiger partial charge in [-0.25, -0.2) is 9.78 Å². The third kappa shape index (κ3) is 5.04. The summed E-state index contributed by atoms with van der Waals surface area (Å²) in [6.45, 7) is 2.65. The van der Waals surface area contributed by atoms with E-state index in [1.54, 1.807) is 12.5 Å². The molecule has 8 heteroatoms. The van der Waals surface area contributed by atoms with E-state index < -0.39 is 11.9 Å². The molecule has 0 aliphatic carbocycles. The van der Waals surface area contributed by atoms with Crippen LogP contribution in [-0.4, -0.2) is 43.8 Å². The topological polar surface area (TPSA) is 86.8 Å². The molecule has 1 aromatic heterocycles. The van der Waals surface area contributed by atoms with Gasteiger partial charge in [0.15, 0.2) is 5.13 Å². The monoisotopic (exact) mass is 350 g/mol. The lowest BCUT2D eigenvalue weighted by Gasteiger charge is -2.04. The molecular formula is C16H18N2O5S. The van der Waals surface area contributed by atoms with E-state index in [1.807, 2.05) is 31.2 Å². The van der Waals surface area contributed by atoms with E-state index in [9.17, 15) is 9.59 Å². The second-order valence-corrected chi connectivity index (χ2v) is 5.41. The fourth-order valence-electron chi connectivity index (χ4n) is 1.78. The van der Waals surface area contributed by atoms with Gasteiger partial charge in [0.25, 0.3) is 0 Å². The van der Waals surface area contributed by atoms with Crippen molar-refractivity contribution in [1.29, 1.82) is 0 Å². The number of hydrogen-bond acceptors (Lipinski definition) is 7. The van der Waals surface area contributed by atoms with E-state index in [0.717, 1.165) is 11.3 Å². The zero-order valence-corrected chi connectivity index (χ0v) is 14.2. The first-order valence-electron chi connectivity index (χ1n) is 7.29. The number of amides is 1. The number of esters is 1. The normalized spacial score (nSPS) is 10.2. The zero-order chi connectivity index (χ0) is 17.4. The molecule has 24 heavy (non-hydrogen) atoms. The summed E-state index contributed by atoms with van der Waals surface area (Å²) in [5.41, 5.74) is 1.58. The lowest BCUT2D eigenvalue weighted by Crippen LogP contribution is -2.26. The number of carbonyl (C=O) groups excluding carboxylic acids is 2. The molecule has 0 aliphatic heterocycles. The number of nitrogens with one attached hydrogen (secondary N) is 1. The van der Waals surface area contributed by atoms with Gasteiger partial charge in [-0.1, -0.05) is 0 Å². The van der Waals surface area contributed by atoms with Gasteiger partial charge in [-0.05, 0) is 31.2 Å². The van der Waals surface area contributed by atoms with Crippen LogP contribution in [-0.2, 0) is 19.1 Å². The molecule has 1 N–H and O–H groups in total. The quantitative estimate of drug-likeness (QED) is 0.468. The van der Waals surface area contributed by atoms with Crippen LogP contribution in [0.5, 0.6) is 5.75 Å². The van der Waals surface area contributed by atoms with Gasteiger partial charge in [0, 0.05) is 17.6 Å². The van der Waals surface area contributed by atoms with Crippen molar-refractivity contribution in [3.63, 3.8) is 0 Å². The number of anilines is 1. The fraction of sp³-hybridized carbons (Fsp3) is 0.312. The molecule has 1 heterocycles. The smallest absolute Gasteiger partial charge is 0.397 e. The maximum absolute atomic E-state index is 11.7. The molecule has 0 saturated heterocycles. The molecular weight excluding hydrogens is 332 g/mol. The SMILES string of the molecule is CCOCCOC(=O)C(=O)Nc1nc(-c2ccc(OC)cc2)cs1. The van der Waals surface area contributed by atoms with E-state index in [-0.39, 0.29) is 13.2 Å². The Balaban J connectivity index is 1.90. The largest absolute Gasteiger partial charge is 0.497 e. The second-order valence-electron chi connectivity index (χ2n) is 4.55. The van der Waals surface area contributed by atoms with Gasteiger partial charge in [-0.3, -0.25) is 10.1 Å². The van der Waals surface area contributed by atoms with Gasteiger partial charge in [0.1, 0.15) is 12.4 Å². The summed E-state index contributed by atoms with van der Waals surface area (Å²) in [7, 11) is 1.60. The molecule has 7 nitrogen and oxygen atoms in total. The van der Waals surface area contributed by atoms with Gasteiger partial charge < -0.3 is 14.2 Å². The van der Waals surface area contributed by atoms with Crippen molar-refractivity contribution in [3.05, 3.63) is 29.6 Å². The van der Waals surface area contributed by atoms with Crippen molar-refractivity contribution in [1.82, 2.24) is 4.98 Å². The summed E-state index contributed by atoms with van der Waals surface area (Å²) in [4.78, 5) is 27.5. The Morgan fingerprint density at radius 3 is 2.62 bits per heavy atom.